The Kier molecular flexibility index (Phi) is 0.773. The lowest BCUT2D eigenvalue weighted by Crippen LogP contribution is -1.72. The molecule has 1 radical (unpaired) electrons. The molecule has 3 nitrogen and oxygen atoms in total. The molecule has 9 heavy (non-hydrogen) atoms. The van der Waals surface area contributed by atoms with Crippen LogP contribution in [0.4, 0.5) is 0 Å². The summed E-state index contributed by atoms with van der Waals surface area (Å²) in [6.45, 7) is 0. The van der Waals surface area contributed by atoms with Crippen molar-refractivity contribution < 1.29 is 0 Å². The van der Waals surface area contributed by atoms with Crippen LogP contribution >= 0.6 is 0 Å². The van der Waals surface area contributed by atoms with Gasteiger partial charge in [0.15, 0.2) is 5.65 Å². The molecule has 2 aromatic heterocycles. The Hall–Kier alpha value is -1.38. The zero-order chi connectivity index (χ0) is 6.10. The van der Waals surface area contributed by atoms with Gasteiger partial charge in [0.1, 0.15) is 0 Å². The fraction of sp³-hybridized carbons (Fsp3) is 0. The lowest BCUT2D eigenvalue weighted by Gasteiger charge is -1.78. The van der Waals surface area contributed by atoms with Gasteiger partial charge in [-0.2, -0.15) is 5.10 Å². The van der Waals surface area contributed by atoms with Gasteiger partial charge < -0.3 is 0 Å². The van der Waals surface area contributed by atoms with Gasteiger partial charge in [-0.15, -0.1) is 0 Å². The molecule has 0 amide bonds. The first-order chi connectivity index (χ1) is 4.47. The first-order valence-electron chi connectivity index (χ1n) is 2.63. The number of aromatic nitrogens is 3. The maximum Gasteiger partial charge on any atom is 0.181 e. The van der Waals surface area contributed by atoms with Crippen LogP contribution in [0.15, 0.2) is 18.3 Å². The van der Waals surface area contributed by atoms with E-state index in [9.17, 15) is 0 Å². The summed E-state index contributed by atoms with van der Waals surface area (Å²) in [5, 5.41) is 7.58. The summed E-state index contributed by atoms with van der Waals surface area (Å²) in [6, 6.07) is 3.67. The third-order valence-electron chi connectivity index (χ3n) is 1.16. The Morgan fingerprint density at radius 2 is 2.56 bits per heavy atom. The quantitative estimate of drug-likeness (QED) is 0.554. The molecule has 2 heterocycles. The van der Waals surface area contributed by atoms with Crippen molar-refractivity contribution in [2.75, 3.05) is 0 Å². The summed E-state index contributed by atoms with van der Waals surface area (Å²) < 4.78 is 0. The smallest absolute Gasteiger partial charge is 0.181 e. The normalized spacial score (nSPS) is 10.2. The molecule has 0 bridgehead atoms. The average Bonchev–Trinajstić information content (AvgIpc) is 2.33. The highest BCUT2D eigenvalue weighted by atomic mass is 15.1. The van der Waals surface area contributed by atoms with Crippen molar-refractivity contribution in [3.8, 4) is 0 Å². The van der Waals surface area contributed by atoms with E-state index in [1.807, 2.05) is 6.07 Å². The standard InChI is InChI=1S/C6H4N3/c1-2-5-4-8-9-6(5)7-3-1/h1-2,4H,(H,7,8,9). The maximum atomic E-state index is 3.87. The Morgan fingerprint density at radius 3 is 3.44 bits per heavy atom. The van der Waals surface area contributed by atoms with Crippen LogP contribution in [0.2, 0.25) is 0 Å². The first kappa shape index (κ1) is 4.49. The molecule has 0 aliphatic carbocycles. The van der Waals surface area contributed by atoms with Crippen molar-refractivity contribution in [1.82, 2.24) is 15.2 Å². The van der Waals surface area contributed by atoms with Gasteiger partial charge in [-0.1, -0.05) is 0 Å². The summed E-state index contributed by atoms with van der Waals surface area (Å²) in [6.07, 6.45) is 4.49. The van der Waals surface area contributed by atoms with E-state index >= 15 is 0 Å². The van der Waals surface area contributed by atoms with Crippen molar-refractivity contribution in [2.24, 2.45) is 0 Å². The first-order valence-corrected chi connectivity index (χ1v) is 2.63. The molecule has 0 spiro atoms. The summed E-state index contributed by atoms with van der Waals surface area (Å²) in [7, 11) is 0. The lowest BCUT2D eigenvalue weighted by atomic mass is 10.4. The number of aromatic amines is 1. The van der Waals surface area contributed by atoms with Gasteiger partial charge in [0.2, 0.25) is 0 Å². The summed E-state index contributed by atoms with van der Waals surface area (Å²) in [4.78, 5) is 3.87. The van der Waals surface area contributed by atoms with Crippen LogP contribution in [0.3, 0.4) is 0 Å². The minimum absolute atomic E-state index is 0.720. The zero-order valence-corrected chi connectivity index (χ0v) is 4.63. The van der Waals surface area contributed by atoms with Crippen molar-refractivity contribution in [3.63, 3.8) is 0 Å². The Balaban J connectivity index is 2.95. The molecule has 0 unspecified atom stereocenters. The van der Waals surface area contributed by atoms with Crippen LogP contribution < -0.4 is 0 Å². The number of rotatable bonds is 0. The molecule has 0 fully saturated rings. The van der Waals surface area contributed by atoms with E-state index in [-0.39, 0.29) is 0 Å². The second-order valence-electron chi connectivity index (χ2n) is 1.74. The van der Waals surface area contributed by atoms with E-state index in [0.29, 0.717) is 0 Å². The Labute approximate surface area is 51.7 Å². The zero-order valence-electron chi connectivity index (χ0n) is 4.63. The number of hydrogen-bond donors (Lipinski definition) is 1. The number of H-pyrrole nitrogens is 1. The van der Waals surface area contributed by atoms with Gasteiger partial charge >= 0.3 is 0 Å². The SMILES string of the molecule is [c]1ccc2c[nH]nc2n1. The van der Waals surface area contributed by atoms with Gasteiger partial charge in [-0.25, -0.2) is 4.98 Å². The van der Waals surface area contributed by atoms with Crippen LogP contribution in [-0.2, 0) is 0 Å². The fourth-order valence-corrected chi connectivity index (χ4v) is 0.730. The number of nitrogens with one attached hydrogen (secondary N) is 1. The van der Waals surface area contributed by atoms with Gasteiger partial charge in [0.25, 0.3) is 0 Å². The van der Waals surface area contributed by atoms with Crippen LogP contribution in [0.25, 0.3) is 11.0 Å². The second-order valence-corrected chi connectivity index (χ2v) is 1.74. The van der Waals surface area contributed by atoms with E-state index < -0.39 is 0 Å². The summed E-state index contributed by atoms with van der Waals surface area (Å²) in [5.74, 6) is 0. The molecule has 0 aromatic carbocycles. The summed E-state index contributed by atoms with van der Waals surface area (Å²) >= 11 is 0. The molecule has 1 N–H and O–H groups in total. The number of nitrogens with zero attached hydrogens (tertiary/aromatic N) is 2. The molecule has 2 aromatic rings. The molecular weight excluding hydrogens is 114 g/mol. The number of fused-ring (bicyclic) bond motifs is 1. The lowest BCUT2D eigenvalue weighted by molar-refractivity contribution is 1.10. The number of hydrogen-bond acceptors (Lipinski definition) is 2. The third kappa shape index (κ3) is 0.579. The molecule has 0 aliphatic heterocycles. The predicted molar refractivity (Wildman–Crippen MR) is 32.7 cm³/mol. The topological polar surface area (TPSA) is 41.6 Å². The molecule has 2 rings (SSSR count). The van der Waals surface area contributed by atoms with Crippen molar-refractivity contribution in [2.45, 2.75) is 0 Å². The molecular formula is C6H4N3. The van der Waals surface area contributed by atoms with E-state index in [4.69, 9.17) is 0 Å². The van der Waals surface area contributed by atoms with E-state index in [1.54, 1.807) is 12.3 Å². The second kappa shape index (κ2) is 1.55. The maximum absolute atomic E-state index is 3.87. The predicted octanol–water partition coefficient (Wildman–Crippen LogP) is 0.758. The van der Waals surface area contributed by atoms with Crippen molar-refractivity contribution >= 4 is 11.0 Å². The number of pyridine rings is 1. The van der Waals surface area contributed by atoms with Gasteiger partial charge in [0, 0.05) is 11.6 Å². The van der Waals surface area contributed by atoms with Gasteiger partial charge in [-0.05, 0) is 12.1 Å². The highest BCUT2D eigenvalue weighted by molar-refractivity contribution is 5.72. The van der Waals surface area contributed by atoms with E-state index in [0.717, 1.165) is 11.0 Å². The molecule has 43 valence electrons. The largest absolute Gasteiger partial charge is 0.283 e. The van der Waals surface area contributed by atoms with Crippen LogP contribution in [0.5, 0.6) is 0 Å². The molecule has 0 aliphatic rings. The molecule has 3 heteroatoms. The molecule has 0 saturated carbocycles. The Bertz CT molecular complexity index is 282. The highest BCUT2D eigenvalue weighted by Gasteiger charge is 1.90. The van der Waals surface area contributed by atoms with E-state index in [2.05, 4.69) is 21.4 Å². The minimum Gasteiger partial charge on any atom is -0.283 e. The molecule has 0 atom stereocenters. The van der Waals surface area contributed by atoms with Crippen LogP contribution in [0.1, 0.15) is 0 Å². The van der Waals surface area contributed by atoms with Gasteiger partial charge in [0.05, 0.1) is 6.20 Å². The van der Waals surface area contributed by atoms with Crippen LogP contribution in [0, 0.1) is 6.20 Å². The van der Waals surface area contributed by atoms with Crippen LogP contribution in [-0.4, -0.2) is 15.2 Å². The minimum atomic E-state index is 0.720. The highest BCUT2D eigenvalue weighted by Crippen LogP contribution is 2.02. The Morgan fingerprint density at radius 1 is 1.56 bits per heavy atom. The average molecular weight is 118 g/mol. The third-order valence-corrected chi connectivity index (χ3v) is 1.16. The van der Waals surface area contributed by atoms with Crippen molar-refractivity contribution in [1.29, 1.82) is 0 Å². The van der Waals surface area contributed by atoms with E-state index in [1.165, 1.54) is 0 Å². The summed E-state index contributed by atoms with van der Waals surface area (Å²) in [5.41, 5.74) is 0.720. The fourth-order valence-electron chi connectivity index (χ4n) is 0.730. The molecule has 0 saturated heterocycles. The monoisotopic (exact) mass is 118 g/mol. The van der Waals surface area contributed by atoms with Gasteiger partial charge in [-0.3, -0.25) is 5.10 Å². The van der Waals surface area contributed by atoms with Crippen molar-refractivity contribution in [3.05, 3.63) is 24.5 Å².